The molecule has 0 amide bonds. The zero-order valence-corrected chi connectivity index (χ0v) is 20.1. The molecule has 0 unspecified atom stereocenters. The van der Waals surface area contributed by atoms with Gasteiger partial charge >= 0.3 is 6.18 Å². The Labute approximate surface area is 209 Å². The van der Waals surface area contributed by atoms with Crippen molar-refractivity contribution in [1.29, 1.82) is 0 Å². The van der Waals surface area contributed by atoms with E-state index >= 15 is 0 Å². The Morgan fingerprint density at radius 1 is 1.22 bits per heavy atom. The number of pyridine rings is 3. The van der Waals surface area contributed by atoms with Crippen molar-refractivity contribution in [2.45, 2.75) is 26.3 Å². The van der Waals surface area contributed by atoms with Crippen LogP contribution in [-0.4, -0.2) is 27.4 Å². The number of para-hydroxylation sites is 1. The summed E-state index contributed by atoms with van der Waals surface area (Å²) in [7, 11) is 1.60. The Bertz CT molecular complexity index is 1530. The minimum absolute atomic E-state index is 0.0584. The van der Waals surface area contributed by atoms with Crippen molar-refractivity contribution in [2.75, 3.05) is 7.05 Å². The molecule has 0 aliphatic heterocycles. The second-order valence-corrected chi connectivity index (χ2v) is 8.34. The van der Waals surface area contributed by atoms with Gasteiger partial charge in [-0.1, -0.05) is 23.7 Å². The Morgan fingerprint density at radius 2 is 2.00 bits per heavy atom. The lowest BCUT2D eigenvalue weighted by molar-refractivity contribution is -0.138. The number of rotatable bonds is 6. The first-order chi connectivity index (χ1) is 17.1. The van der Waals surface area contributed by atoms with Gasteiger partial charge in [0.25, 0.3) is 5.56 Å². The number of benzene rings is 1. The molecule has 11 heteroatoms. The SMILES string of the molecule is CN=C(N)c1cc(C)nc2c(OCc3c(Cl)ccnc3Cn3cccc(C(F)(F)F)c3=O)cccc12. The first kappa shape index (κ1) is 25.2. The minimum Gasteiger partial charge on any atom is -0.486 e. The maximum Gasteiger partial charge on any atom is 0.421 e. The van der Waals surface area contributed by atoms with Crippen LogP contribution in [0.25, 0.3) is 10.9 Å². The summed E-state index contributed by atoms with van der Waals surface area (Å²) in [6.45, 7) is 1.55. The normalized spacial score (nSPS) is 12.2. The van der Waals surface area contributed by atoms with Gasteiger partial charge in [-0.05, 0) is 37.3 Å². The van der Waals surface area contributed by atoms with Crippen LogP contribution in [0.3, 0.4) is 0 Å². The highest BCUT2D eigenvalue weighted by Gasteiger charge is 2.34. The van der Waals surface area contributed by atoms with Crippen molar-refractivity contribution in [3.8, 4) is 5.75 Å². The van der Waals surface area contributed by atoms with Crippen molar-refractivity contribution >= 4 is 28.3 Å². The molecule has 0 saturated carbocycles. The highest BCUT2D eigenvalue weighted by Crippen LogP contribution is 2.30. The van der Waals surface area contributed by atoms with Gasteiger partial charge in [0.1, 0.15) is 29.3 Å². The van der Waals surface area contributed by atoms with E-state index in [1.807, 2.05) is 19.1 Å². The second kappa shape index (κ2) is 9.98. The molecule has 0 atom stereocenters. The number of aryl methyl sites for hydroxylation is 1. The lowest BCUT2D eigenvalue weighted by Gasteiger charge is -2.16. The average Bonchev–Trinajstić information content (AvgIpc) is 2.83. The van der Waals surface area contributed by atoms with E-state index in [0.29, 0.717) is 39.1 Å². The predicted molar refractivity (Wildman–Crippen MR) is 132 cm³/mol. The van der Waals surface area contributed by atoms with Crippen LogP contribution in [0.2, 0.25) is 5.02 Å². The Kier molecular flexibility index (Phi) is 6.98. The maximum atomic E-state index is 13.2. The van der Waals surface area contributed by atoms with Crippen molar-refractivity contribution < 1.29 is 17.9 Å². The van der Waals surface area contributed by atoms with E-state index in [-0.39, 0.29) is 13.2 Å². The number of fused-ring (bicyclic) bond motifs is 1. The van der Waals surface area contributed by atoms with Gasteiger partial charge in [-0.15, -0.1) is 0 Å². The Hall–Kier alpha value is -3.92. The molecular weight excluding hydrogens is 495 g/mol. The first-order valence-electron chi connectivity index (χ1n) is 10.7. The smallest absolute Gasteiger partial charge is 0.421 e. The number of nitrogens with two attached hydrogens (primary N) is 1. The standard InChI is InChI=1S/C25H21ClF3N5O2/c1-14-11-16(23(30)31-2)15-5-3-7-21(22(15)33-14)36-13-17-19(26)8-9-32-20(17)12-34-10-4-6-18(24(34)35)25(27,28)29/h3-11H,12-13H2,1-2H3,(H2,30,31). The van der Waals surface area contributed by atoms with E-state index < -0.39 is 17.3 Å². The summed E-state index contributed by atoms with van der Waals surface area (Å²) in [4.78, 5) is 25.3. The topological polar surface area (TPSA) is 95.4 Å². The number of halogens is 4. The van der Waals surface area contributed by atoms with E-state index in [4.69, 9.17) is 22.1 Å². The fraction of sp³-hybridized carbons (Fsp3) is 0.200. The number of amidine groups is 1. The molecule has 0 spiro atoms. The molecule has 4 aromatic rings. The highest BCUT2D eigenvalue weighted by molar-refractivity contribution is 6.31. The zero-order chi connectivity index (χ0) is 26.0. The second-order valence-electron chi connectivity index (χ2n) is 7.93. The van der Waals surface area contributed by atoms with Crippen LogP contribution in [-0.2, 0) is 19.3 Å². The van der Waals surface area contributed by atoms with E-state index in [1.165, 1.54) is 12.4 Å². The number of aromatic nitrogens is 3. The van der Waals surface area contributed by atoms with Crippen LogP contribution in [0.4, 0.5) is 13.2 Å². The molecule has 0 radical (unpaired) electrons. The van der Waals surface area contributed by atoms with Crippen molar-refractivity contribution in [1.82, 2.24) is 14.5 Å². The lowest BCUT2D eigenvalue weighted by atomic mass is 10.1. The summed E-state index contributed by atoms with van der Waals surface area (Å²) >= 11 is 6.40. The van der Waals surface area contributed by atoms with Gasteiger partial charge in [0.05, 0.1) is 17.3 Å². The Balaban J connectivity index is 1.70. The van der Waals surface area contributed by atoms with Gasteiger partial charge in [0.15, 0.2) is 0 Å². The molecule has 0 fully saturated rings. The molecule has 36 heavy (non-hydrogen) atoms. The van der Waals surface area contributed by atoms with Crippen molar-refractivity contribution in [3.63, 3.8) is 0 Å². The van der Waals surface area contributed by atoms with E-state index in [1.54, 1.807) is 25.2 Å². The van der Waals surface area contributed by atoms with E-state index in [2.05, 4.69) is 15.0 Å². The van der Waals surface area contributed by atoms with Crippen LogP contribution in [0.5, 0.6) is 5.75 Å². The van der Waals surface area contributed by atoms with Gasteiger partial charge in [-0.25, -0.2) is 4.98 Å². The molecule has 3 aromatic heterocycles. The lowest BCUT2D eigenvalue weighted by Crippen LogP contribution is -2.28. The van der Waals surface area contributed by atoms with Crippen LogP contribution in [0.1, 0.15) is 28.1 Å². The number of alkyl halides is 3. The molecule has 186 valence electrons. The largest absolute Gasteiger partial charge is 0.486 e. The van der Waals surface area contributed by atoms with E-state index in [9.17, 15) is 18.0 Å². The van der Waals surface area contributed by atoms with Crippen molar-refractivity contribution in [3.05, 3.63) is 98.3 Å². The molecule has 7 nitrogen and oxygen atoms in total. The fourth-order valence-electron chi connectivity index (χ4n) is 3.79. The van der Waals surface area contributed by atoms with Gasteiger partial charge < -0.3 is 15.0 Å². The quantitative estimate of drug-likeness (QED) is 0.296. The van der Waals surface area contributed by atoms with Gasteiger partial charge in [0.2, 0.25) is 0 Å². The molecule has 0 saturated heterocycles. The van der Waals surface area contributed by atoms with E-state index in [0.717, 1.165) is 27.6 Å². The summed E-state index contributed by atoms with van der Waals surface area (Å²) in [5.74, 6) is 0.801. The predicted octanol–water partition coefficient (Wildman–Crippen LogP) is 4.73. The number of nitrogens with zero attached hydrogens (tertiary/aromatic N) is 4. The Morgan fingerprint density at radius 3 is 2.72 bits per heavy atom. The molecule has 3 heterocycles. The first-order valence-corrected chi connectivity index (χ1v) is 11.1. The number of aliphatic imine (C=N–C) groups is 1. The molecule has 1 aromatic carbocycles. The van der Waals surface area contributed by atoms with Crippen LogP contribution < -0.4 is 16.0 Å². The summed E-state index contributed by atoms with van der Waals surface area (Å²) in [6, 6.07) is 10.7. The molecular formula is C25H21ClF3N5O2. The van der Waals surface area contributed by atoms with Crippen LogP contribution >= 0.6 is 11.6 Å². The molecule has 4 rings (SSSR count). The third-order valence-electron chi connectivity index (χ3n) is 5.55. The van der Waals surface area contributed by atoms with Gasteiger partial charge in [-0.3, -0.25) is 14.8 Å². The van der Waals surface area contributed by atoms with Gasteiger partial charge in [-0.2, -0.15) is 13.2 Å². The molecule has 0 aliphatic carbocycles. The monoisotopic (exact) mass is 515 g/mol. The average molecular weight is 516 g/mol. The maximum absolute atomic E-state index is 13.2. The third-order valence-corrected chi connectivity index (χ3v) is 5.91. The van der Waals surface area contributed by atoms with Crippen LogP contribution in [0, 0.1) is 6.92 Å². The summed E-state index contributed by atoms with van der Waals surface area (Å²) in [5, 5.41) is 1.04. The zero-order valence-electron chi connectivity index (χ0n) is 19.3. The molecule has 2 N–H and O–H groups in total. The number of hydrogen-bond donors (Lipinski definition) is 1. The highest BCUT2D eigenvalue weighted by atomic mass is 35.5. The summed E-state index contributed by atoms with van der Waals surface area (Å²) < 4.78 is 46.6. The molecule has 0 aliphatic rings. The van der Waals surface area contributed by atoms with Gasteiger partial charge in [0, 0.05) is 41.6 Å². The van der Waals surface area contributed by atoms with Crippen molar-refractivity contribution in [2.24, 2.45) is 10.7 Å². The number of hydrogen-bond acceptors (Lipinski definition) is 5. The summed E-state index contributed by atoms with van der Waals surface area (Å²) in [5.41, 5.74) is 6.37. The fourth-order valence-corrected chi connectivity index (χ4v) is 4.00. The minimum atomic E-state index is -4.77. The molecule has 0 bridgehead atoms. The van der Waals surface area contributed by atoms with Crippen LogP contribution in [0.15, 0.2) is 64.6 Å². The number of ether oxygens (including phenoxy) is 1. The third kappa shape index (κ3) is 5.03. The summed E-state index contributed by atoms with van der Waals surface area (Å²) in [6.07, 6.45) is -2.08.